The van der Waals surface area contributed by atoms with Crippen molar-refractivity contribution in [3.05, 3.63) is 65.5 Å². The molecule has 0 aromatic heterocycles. The lowest BCUT2D eigenvalue weighted by atomic mass is 10.2. The molecule has 7 heteroatoms. The maximum absolute atomic E-state index is 13.2. The fourth-order valence-corrected chi connectivity index (χ4v) is 2.92. The summed E-state index contributed by atoms with van der Waals surface area (Å²) in [6.07, 6.45) is 0. The molecular formula is C20H24FN5O. The molecule has 0 aliphatic carbocycles. The monoisotopic (exact) mass is 369 g/mol. The number of hydrogen-bond acceptors (Lipinski definition) is 3. The average molecular weight is 369 g/mol. The second-order valence-electron chi connectivity index (χ2n) is 6.35. The summed E-state index contributed by atoms with van der Waals surface area (Å²) in [4.78, 5) is 17.8. The Morgan fingerprint density at radius 3 is 2.56 bits per heavy atom. The van der Waals surface area contributed by atoms with Gasteiger partial charge >= 0.3 is 0 Å². The molecule has 2 aromatic carbocycles. The summed E-state index contributed by atoms with van der Waals surface area (Å²) in [7, 11) is 1.70. The lowest BCUT2D eigenvalue weighted by Crippen LogP contribution is -2.47. The van der Waals surface area contributed by atoms with Crippen LogP contribution in [0.1, 0.15) is 11.1 Å². The fourth-order valence-electron chi connectivity index (χ4n) is 2.92. The normalized spacial score (nSPS) is 14.7. The van der Waals surface area contributed by atoms with E-state index in [4.69, 9.17) is 0 Å². The van der Waals surface area contributed by atoms with Gasteiger partial charge in [-0.25, -0.2) is 4.39 Å². The molecule has 6 nitrogen and oxygen atoms in total. The molecule has 0 unspecified atom stereocenters. The molecule has 0 radical (unpaired) electrons. The van der Waals surface area contributed by atoms with Crippen LogP contribution < -0.4 is 20.9 Å². The first-order chi connectivity index (χ1) is 13.1. The van der Waals surface area contributed by atoms with Gasteiger partial charge in [0, 0.05) is 38.9 Å². The Balaban J connectivity index is 1.50. The van der Waals surface area contributed by atoms with Crippen molar-refractivity contribution >= 4 is 17.6 Å². The highest BCUT2D eigenvalue weighted by atomic mass is 19.1. The molecule has 1 aliphatic rings. The van der Waals surface area contributed by atoms with Crippen molar-refractivity contribution < 1.29 is 9.18 Å². The number of nitrogens with one attached hydrogen (secondary N) is 3. The number of guanidine groups is 1. The zero-order chi connectivity index (χ0) is 19.1. The second kappa shape index (κ2) is 9.02. The van der Waals surface area contributed by atoms with Crippen LogP contribution in [0.2, 0.25) is 0 Å². The maximum atomic E-state index is 13.2. The summed E-state index contributed by atoms with van der Waals surface area (Å²) >= 11 is 0. The lowest BCUT2D eigenvalue weighted by molar-refractivity contribution is -0.120. The van der Waals surface area contributed by atoms with Crippen LogP contribution in [0.15, 0.2) is 53.5 Å². The van der Waals surface area contributed by atoms with E-state index >= 15 is 0 Å². The quantitative estimate of drug-likeness (QED) is 0.554. The third kappa shape index (κ3) is 5.44. The van der Waals surface area contributed by atoms with E-state index in [-0.39, 0.29) is 11.7 Å². The van der Waals surface area contributed by atoms with Gasteiger partial charge in [-0.15, -0.1) is 0 Å². The Morgan fingerprint density at radius 2 is 1.89 bits per heavy atom. The van der Waals surface area contributed by atoms with Crippen LogP contribution in [0.4, 0.5) is 10.1 Å². The van der Waals surface area contributed by atoms with Gasteiger partial charge in [0.25, 0.3) is 0 Å². The first kappa shape index (κ1) is 18.7. The molecule has 2 aromatic rings. The number of halogens is 1. The van der Waals surface area contributed by atoms with Crippen molar-refractivity contribution in [2.45, 2.75) is 13.1 Å². The molecule has 27 heavy (non-hydrogen) atoms. The molecule has 3 N–H and O–H groups in total. The van der Waals surface area contributed by atoms with Crippen LogP contribution in [0.3, 0.4) is 0 Å². The van der Waals surface area contributed by atoms with Gasteiger partial charge in [-0.2, -0.15) is 0 Å². The molecule has 1 fully saturated rings. The van der Waals surface area contributed by atoms with E-state index in [9.17, 15) is 9.18 Å². The number of piperazine rings is 1. The summed E-state index contributed by atoms with van der Waals surface area (Å²) in [5.74, 6) is 0.458. The van der Waals surface area contributed by atoms with Crippen molar-refractivity contribution in [3.63, 3.8) is 0 Å². The predicted octanol–water partition coefficient (Wildman–Crippen LogP) is 1.63. The first-order valence-corrected chi connectivity index (χ1v) is 8.93. The molecule has 0 atom stereocenters. The van der Waals surface area contributed by atoms with Crippen LogP contribution in [-0.4, -0.2) is 38.5 Å². The Bertz CT molecular complexity index is 806. The Kier molecular flexibility index (Phi) is 6.25. The summed E-state index contributed by atoms with van der Waals surface area (Å²) in [6, 6.07) is 14.6. The lowest BCUT2D eigenvalue weighted by Gasteiger charge is -2.28. The zero-order valence-electron chi connectivity index (χ0n) is 15.3. The van der Waals surface area contributed by atoms with E-state index in [0.717, 1.165) is 23.4 Å². The van der Waals surface area contributed by atoms with E-state index in [1.165, 1.54) is 12.1 Å². The number of aliphatic imine (C=N–C) groups is 1. The number of rotatable bonds is 5. The van der Waals surface area contributed by atoms with Gasteiger partial charge in [0.05, 0.1) is 6.54 Å². The Labute approximate surface area is 158 Å². The van der Waals surface area contributed by atoms with Gasteiger partial charge in [0.1, 0.15) is 5.82 Å². The highest BCUT2D eigenvalue weighted by Gasteiger charge is 2.16. The van der Waals surface area contributed by atoms with Gasteiger partial charge in [-0.3, -0.25) is 9.79 Å². The Morgan fingerprint density at radius 1 is 1.15 bits per heavy atom. The summed E-state index contributed by atoms with van der Waals surface area (Å²) < 4.78 is 13.2. The van der Waals surface area contributed by atoms with E-state index < -0.39 is 0 Å². The van der Waals surface area contributed by atoms with Gasteiger partial charge < -0.3 is 20.9 Å². The smallest absolute Gasteiger partial charge is 0.239 e. The van der Waals surface area contributed by atoms with Crippen molar-refractivity contribution in [2.75, 3.05) is 31.6 Å². The summed E-state index contributed by atoms with van der Waals surface area (Å²) in [5, 5.41) is 9.24. The SMILES string of the molecule is CN=C(NCc1ccc(N2CCNC(=O)C2)cc1)NCc1cccc(F)c1. The number of hydrogen-bond donors (Lipinski definition) is 3. The average Bonchev–Trinajstić information content (AvgIpc) is 2.69. The minimum absolute atomic E-state index is 0.0557. The maximum Gasteiger partial charge on any atom is 0.239 e. The van der Waals surface area contributed by atoms with Crippen molar-refractivity contribution in [1.82, 2.24) is 16.0 Å². The zero-order valence-corrected chi connectivity index (χ0v) is 15.3. The minimum atomic E-state index is -0.247. The van der Waals surface area contributed by atoms with Gasteiger partial charge in [0.15, 0.2) is 5.96 Å². The summed E-state index contributed by atoms with van der Waals surface area (Å²) in [6.45, 7) is 3.00. The van der Waals surface area contributed by atoms with Crippen molar-refractivity contribution in [2.24, 2.45) is 4.99 Å². The van der Waals surface area contributed by atoms with Gasteiger partial charge in [-0.05, 0) is 35.4 Å². The minimum Gasteiger partial charge on any atom is -0.360 e. The molecular weight excluding hydrogens is 345 g/mol. The van der Waals surface area contributed by atoms with Crippen LogP contribution in [0.25, 0.3) is 0 Å². The molecule has 0 saturated carbocycles. The number of anilines is 1. The summed E-state index contributed by atoms with van der Waals surface area (Å²) in [5.41, 5.74) is 3.00. The van der Waals surface area contributed by atoms with Crippen molar-refractivity contribution in [1.29, 1.82) is 0 Å². The van der Waals surface area contributed by atoms with Crippen LogP contribution in [0.5, 0.6) is 0 Å². The highest BCUT2D eigenvalue weighted by Crippen LogP contribution is 2.16. The number of carbonyl (C=O) groups excluding carboxylic acids is 1. The third-order valence-electron chi connectivity index (χ3n) is 4.37. The van der Waals surface area contributed by atoms with Crippen LogP contribution in [-0.2, 0) is 17.9 Å². The molecule has 142 valence electrons. The standard InChI is InChI=1S/C20H24FN5O/c1-22-20(25-13-16-3-2-4-17(21)11-16)24-12-15-5-7-18(8-6-15)26-10-9-23-19(27)14-26/h2-8,11H,9-10,12-14H2,1H3,(H,23,27)(H2,22,24,25). The number of amides is 1. The number of carbonyl (C=O) groups is 1. The molecule has 1 amide bonds. The van der Waals surface area contributed by atoms with E-state index in [1.807, 2.05) is 30.3 Å². The third-order valence-corrected chi connectivity index (χ3v) is 4.37. The second-order valence-corrected chi connectivity index (χ2v) is 6.35. The molecule has 3 rings (SSSR count). The largest absolute Gasteiger partial charge is 0.360 e. The molecule has 1 saturated heterocycles. The van der Waals surface area contributed by atoms with E-state index in [2.05, 4.69) is 25.8 Å². The molecule has 0 bridgehead atoms. The Hall–Kier alpha value is -3.09. The molecule has 0 spiro atoms. The number of benzene rings is 2. The van der Waals surface area contributed by atoms with Crippen LogP contribution in [0, 0.1) is 5.82 Å². The first-order valence-electron chi connectivity index (χ1n) is 8.93. The van der Waals surface area contributed by atoms with Crippen molar-refractivity contribution in [3.8, 4) is 0 Å². The predicted molar refractivity (Wildman–Crippen MR) is 105 cm³/mol. The molecule has 1 heterocycles. The van der Waals surface area contributed by atoms with E-state index in [1.54, 1.807) is 13.1 Å². The number of nitrogens with zero attached hydrogens (tertiary/aromatic N) is 2. The fraction of sp³-hybridized carbons (Fsp3) is 0.300. The van der Waals surface area contributed by atoms with Crippen LogP contribution >= 0.6 is 0 Å². The molecule has 1 aliphatic heterocycles. The topological polar surface area (TPSA) is 68.8 Å². The highest BCUT2D eigenvalue weighted by molar-refractivity contribution is 5.82. The van der Waals surface area contributed by atoms with Gasteiger partial charge in [-0.1, -0.05) is 24.3 Å². The van der Waals surface area contributed by atoms with Gasteiger partial charge in [0.2, 0.25) is 5.91 Å². The van der Waals surface area contributed by atoms with E-state index in [0.29, 0.717) is 32.1 Å².